The van der Waals surface area contributed by atoms with Crippen molar-refractivity contribution in [2.75, 3.05) is 6.54 Å². The van der Waals surface area contributed by atoms with Crippen molar-refractivity contribution in [2.24, 2.45) is 5.73 Å². The molecule has 0 spiro atoms. The number of rotatable bonds is 2. The standard InChI is InChI=1S/C7H13NO3.ClH/c8-4-5-2-1-3-6(11-5)7(9)10;/h5-6H,1-4,8H2,(H,9,10);1H/t5-,6-;/m0./s1. The Labute approximate surface area is 77.5 Å². The highest BCUT2D eigenvalue weighted by Crippen LogP contribution is 2.17. The molecule has 1 saturated heterocycles. The van der Waals surface area contributed by atoms with Crippen LogP contribution in [0.2, 0.25) is 0 Å². The molecule has 0 bridgehead atoms. The van der Waals surface area contributed by atoms with Crippen molar-refractivity contribution in [1.82, 2.24) is 0 Å². The summed E-state index contributed by atoms with van der Waals surface area (Å²) in [5, 5.41) is 8.59. The number of carbonyl (C=O) groups is 1. The Morgan fingerprint density at radius 2 is 2.25 bits per heavy atom. The Kier molecular flexibility index (Phi) is 5.20. The van der Waals surface area contributed by atoms with Gasteiger partial charge >= 0.3 is 5.97 Å². The molecule has 0 saturated carbocycles. The summed E-state index contributed by atoms with van der Waals surface area (Å²) in [6.07, 6.45) is 1.73. The molecule has 1 fully saturated rings. The molecule has 0 aromatic heterocycles. The third kappa shape index (κ3) is 2.97. The quantitative estimate of drug-likeness (QED) is 0.669. The number of carboxylic acids is 1. The van der Waals surface area contributed by atoms with E-state index >= 15 is 0 Å². The Hall–Kier alpha value is -0.320. The van der Waals surface area contributed by atoms with E-state index in [9.17, 15) is 4.79 Å². The van der Waals surface area contributed by atoms with E-state index in [0.29, 0.717) is 13.0 Å². The van der Waals surface area contributed by atoms with Crippen molar-refractivity contribution < 1.29 is 14.6 Å². The van der Waals surface area contributed by atoms with Gasteiger partial charge in [-0.3, -0.25) is 0 Å². The first kappa shape index (κ1) is 11.7. The first-order valence-electron chi connectivity index (χ1n) is 3.82. The van der Waals surface area contributed by atoms with Crippen LogP contribution in [-0.2, 0) is 9.53 Å². The highest BCUT2D eigenvalue weighted by atomic mass is 35.5. The predicted octanol–water partition coefficient (Wildman–Crippen LogP) is 0.389. The molecule has 1 rings (SSSR count). The van der Waals surface area contributed by atoms with Gasteiger partial charge in [-0.05, 0) is 19.3 Å². The van der Waals surface area contributed by atoms with Crippen molar-refractivity contribution in [2.45, 2.75) is 31.5 Å². The first-order valence-corrected chi connectivity index (χ1v) is 3.82. The Balaban J connectivity index is 0.00000121. The normalized spacial score (nSPS) is 29.1. The van der Waals surface area contributed by atoms with Crippen LogP contribution >= 0.6 is 12.4 Å². The second-order valence-electron chi connectivity index (χ2n) is 2.75. The molecule has 72 valence electrons. The van der Waals surface area contributed by atoms with Crippen LogP contribution in [0.15, 0.2) is 0 Å². The molecule has 3 N–H and O–H groups in total. The van der Waals surface area contributed by atoms with Crippen molar-refractivity contribution >= 4 is 18.4 Å². The Bertz CT molecular complexity index is 154. The second kappa shape index (κ2) is 5.35. The summed E-state index contributed by atoms with van der Waals surface area (Å²) in [6, 6.07) is 0. The molecule has 0 amide bonds. The van der Waals surface area contributed by atoms with Crippen molar-refractivity contribution in [3.05, 3.63) is 0 Å². The summed E-state index contributed by atoms with van der Waals surface area (Å²) in [7, 11) is 0. The van der Waals surface area contributed by atoms with E-state index in [-0.39, 0.29) is 18.5 Å². The van der Waals surface area contributed by atoms with Gasteiger partial charge in [0.15, 0.2) is 6.10 Å². The zero-order valence-electron chi connectivity index (χ0n) is 6.73. The molecule has 1 heterocycles. The lowest BCUT2D eigenvalue weighted by Gasteiger charge is -2.26. The van der Waals surface area contributed by atoms with E-state index in [0.717, 1.165) is 12.8 Å². The Morgan fingerprint density at radius 3 is 2.75 bits per heavy atom. The monoisotopic (exact) mass is 195 g/mol. The van der Waals surface area contributed by atoms with Gasteiger partial charge in [-0.15, -0.1) is 12.4 Å². The maximum atomic E-state index is 10.5. The zero-order chi connectivity index (χ0) is 8.27. The molecule has 0 aromatic carbocycles. The van der Waals surface area contributed by atoms with E-state index in [1.165, 1.54) is 0 Å². The van der Waals surface area contributed by atoms with Gasteiger partial charge in [0.2, 0.25) is 0 Å². The molecule has 1 aliphatic heterocycles. The van der Waals surface area contributed by atoms with Crippen LogP contribution in [0.4, 0.5) is 0 Å². The van der Waals surface area contributed by atoms with Crippen molar-refractivity contribution in [3.8, 4) is 0 Å². The molecule has 0 radical (unpaired) electrons. The summed E-state index contributed by atoms with van der Waals surface area (Å²) in [6.45, 7) is 0.420. The summed E-state index contributed by atoms with van der Waals surface area (Å²) >= 11 is 0. The van der Waals surface area contributed by atoms with Crippen LogP contribution in [0.25, 0.3) is 0 Å². The van der Waals surface area contributed by atoms with Crippen molar-refractivity contribution in [3.63, 3.8) is 0 Å². The lowest BCUT2D eigenvalue weighted by atomic mass is 10.0. The second-order valence-corrected chi connectivity index (χ2v) is 2.75. The molecule has 0 aromatic rings. The minimum absolute atomic E-state index is 0. The summed E-state index contributed by atoms with van der Waals surface area (Å²) in [5.41, 5.74) is 5.35. The minimum atomic E-state index is -0.872. The number of halogens is 1. The molecular weight excluding hydrogens is 182 g/mol. The van der Waals surface area contributed by atoms with Crippen LogP contribution in [-0.4, -0.2) is 29.8 Å². The minimum Gasteiger partial charge on any atom is -0.479 e. The predicted molar refractivity (Wildman–Crippen MR) is 46.5 cm³/mol. The average Bonchev–Trinajstić information content (AvgIpc) is 2.05. The highest BCUT2D eigenvalue weighted by Gasteiger charge is 2.26. The lowest BCUT2D eigenvalue weighted by molar-refractivity contribution is -0.158. The Morgan fingerprint density at radius 1 is 1.58 bits per heavy atom. The molecule has 0 unspecified atom stereocenters. The number of carboxylic acid groups (broad SMARTS) is 1. The summed E-state index contributed by atoms with van der Waals surface area (Å²) in [4.78, 5) is 10.5. The van der Waals surface area contributed by atoms with Gasteiger partial charge in [-0.25, -0.2) is 4.79 Å². The largest absolute Gasteiger partial charge is 0.479 e. The fourth-order valence-electron chi connectivity index (χ4n) is 1.25. The van der Waals surface area contributed by atoms with E-state index in [2.05, 4.69) is 0 Å². The molecule has 0 aliphatic carbocycles. The third-order valence-corrected chi connectivity index (χ3v) is 1.89. The molecule has 1 aliphatic rings. The average molecular weight is 196 g/mol. The number of hydrogen-bond acceptors (Lipinski definition) is 3. The van der Waals surface area contributed by atoms with Gasteiger partial charge in [0.1, 0.15) is 0 Å². The van der Waals surface area contributed by atoms with Crippen molar-refractivity contribution in [1.29, 1.82) is 0 Å². The molecule has 4 nitrogen and oxygen atoms in total. The van der Waals surface area contributed by atoms with Crippen LogP contribution < -0.4 is 5.73 Å². The van der Waals surface area contributed by atoms with E-state index in [4.69, 9.17) is 15.6 Å². The fourth-order valence-corrected chi connectivity index (χ4v) is 1.25. The summed E-state index contributed by atoms with van der Waals surface area (Å²) < 4.78 is 5.17. The maximum Gasteiger partial charge on any atom is 0.332 e. The lowest BCUT2D eigenvalue weighted by Crippen LogP contribution is -2.37. The fraction of sp³-hybridized carbons (Fsp3) is 0.857. The topological polar surface area (TPSA) is 72.6 Å². The van der Waals surface area contributed by atoms with Gasteiger partial charge in [0.05, 0.1) is 6.10 Å². The summed E-state index contributed by atoms with van der Waals surface area (Å²) in [5.74, 6) is -0.872. The molecule has 5 heteroatoms. The molecule has 12 heavy (non-hydrogen) atoms. The highest BCUT2D eigenvalue weighted by molar-refractivity contribution is 5.85. The van der Waals surface area contributed by atoms with Gasteiger partial charge in [0, 0.05) is 6.54 Å². The molecule has 2 atom stereocenters. The van der Waals surface area contributed by atoms with Crippen LogP contribution in [0.1, 0.15) is 19.3 Å². The van der Waals surface area contributed by atoms with Gasteiger partial charge < -0.3 is 15.6 Å². The van der Waals surface area contributed by atoms with E-state index in [1.54, 1.807) is 0 Å². The third-order valence-electron chi connectivity index (χ3n) is 1.89. The van der Waals surface area contributed by atoms with Gasteiger partial charge in [-0.1, -0.05) is 0 Å². The van der Waals surface area contributed by atoms with Gasteiger partial charge in [0.25, 0.3) is 0 Å². The van der Waals surface area contributed by atoms with E-state index < -0.39 is 12.1 Å². The van der Waals surface area contributed by atoms with Crippen LogP contribution in [0.5, 0.6) is 0 Å². The zero-order valence-corrected chi connectivity index (χ0v) is 7.55. The smallest absolute Gasteiger partial charge is 0.332 e. The molecular formula is C7H14ClNO3. The van der Waals surface area contributed by atoms with Gasteiger partial charge in [-0.2, -0.15) is 0 Å². The van der Waals surface area contributed by atoms with Crippen LogP contribution in [0, 0.1) is 0 Å². The maximum absolute atomic E-state index is 10.5. The van der Waals surface area contributed by atoms with E-state index in [1.807, 2.05) is 0 Å². The van der Waals surface area contributed by atoms with Crippen LogP contribution in [0.3, 0.4) is 0 Å². The number of hydrogen-bond donors (Lipinski definition) is 2. The number of ether oxygens (including phenoxy) is 1. The first-order chi connectivity index (χ1) is 5.24. The SMILES string of the molecule is Cl.NC[C@@H]1CCC[C@@H](C(=O)O)O1. The number of aliphatic carboxylic acids is 1. The number of nitrogens with two attached hydrogens (primary N) is 1.